The molecular weight excluding hydrogens is 214 g/mol. The first-order valence-electron chi connectivity index (χ1n) is 6.05. The van der Waals surface area contributed by atoms with Crippen LogP contribution in [0.1, 0.15) is 36.5 Å². The second kappa shape index (κ2) is 4.65. The molecule has 1 aliphatic rings. The molecule has 1 heterocycles. The van der Waals surface area contributed by atoms with Gasteiger partial charge in [-0.25, -0.2) is 0 Å². The Hall–Kier alpha value is -1.71. The van der Waals surface area contributed by atoms with E-state index in [-0.39, 0.29) is 0 Å². The highest BCUT2D eigenvalue weighted by Crippen LogP contribution is 2.29. The third-order valence-corrected chi connectivity index (χ3v) is 3.40. The van der Waals surface area contributed by atoms with Gasteiger partial charge in [0.1, 0.15) is 0 Å². The molecule has 1 aliphatic heterocycles. The third-order valence-electron chi connectivity index (χ3n) is 3.40. The van der Waals surface area contributed by atoms with Crippen molar-refractivity contribution in [2.45, 2.75) is 32.2 Å². The molecule has 0 radical (unpaired) electrons. The summed E-state index contributed by atoms with van der Waals surface area (Å²) in [6, 6.07) is 5.84. The average Bonchev–Trinajstić information content (AvgIpc) is 2.30. The van der Waals surface area contributed by atoms with Gasteiger partial charge in [0.05, 0.1) is 5.56 Å². The maximum absolute atomic E-state index is 11.5. The van der Waals surface area contributed by atoms with Crippen molar-refractivity contribution in [2.24, 2.45) is 5.73 Å². The van der Waals surface area contributed by atoms with Crippen LogP contribution in [0.3, 0.4) is 0 Å². The van der Waals surface area contributed by atoms with E-state index in [1.54, 1.807) is 6.07 Å². The van der Waals surface area contributed by atoms with E-state index < -0.39 is 5.91 Å². The number of piperidine rings is 1. The number of anilines is 2. The quantitative estimate of drug-likeness (QED) is 0.764. The number of amides is 1. The molecule has 0 saturated carbocycles. The number of carbonyl (C=O) groups is 1. The zero-order valence-electron chi connectivity index (χ0n) is 10.1. The van der Waals surface area contributed by atoms with Gasteiger partial charge in [-0.2, -0.15) is 0 Å². The number of benzene rings is 1. The molecule has 1 amide bonds. The van der Waals surface area contributed by atoms with Crippen molar-refractivity contribution < 1.29 is 4.79 Å². The van der Waals surface area contributed by atoms with Crippen molar-refractivity contribution in [2.75, 3.05) is 17.2 Å². The van der Waals surface area contributed by atoms with E-state index in [1.807, 2.05) is 12.1 Å². The van der Waals surface area contributed by atoms with Gasteiger partial charge in [0.2, 0.25) is 0 Å². The van der Waals surface area contributed by atoms with Gasteiger partial charge in [-0.3, -0.25) is 4.79 Å². The summed E-state index contributed by atoms with van der Waals surface area (Å²) in [6.07, 6.45) is 3.56. The third kappa shape index (κ3) is 2.35. The highest BCUT2D eigenvalue weighted by atomic mass is 16.1. The van der Waals surface area contributed by atoms with Gasteiger partial charge in [0.15, 0.2) is 0 Å². The molecule has 1 saturated heterocycles. The van der Waals surface area contributed by atoms with Crippen molar-refractivity contribution in [3.63, 3.8) is 0 Å². The minimum Gasteiger partial charge on any atom is -0.399 e. The monoisotopic (exact) mass is 233 g/mol. The summed E-state index contributed by atoms with van der Waals surface area (Å²) >= 11 is 0. The lowest BCUT2D eigenvalue weighted by Gasteiger charge is -2.36. The second-order valence-electron chi connectivity index (χ2n) is 4.68. The van der Waals surface area contributed by atoms with E-state index >= 15 is 0 Å². The summed E-state index contributed by atoms with van der Waals surface area (Å²) in [5.41, 5.74) is 13.1. The van der Waals surface area contributed by atoms with Crippen LogP contribution >= 0.6 is 0 Å². The van der Waals surface area contributed by atoms with Crippen LogP contribution in [-0.2, 0) is 0 Å². The molecule has 92 valence electrons. The summed E-state index contributed by atoms with van der Waals surface area (Å²) in [5.74, 6) is -0.412. The molecule has 1 aromatic carbocycles. The van der Waals surface area contributed by atoms with E-state index in [1.165, 1.54) is 6.42 Å². The number of nitrogens with two attached hydrogens (primary N) is 2. The van der Waals surface area contributed by atoms with Crippen molar-refractivity contribution >= 4 is 17.3 Å². The molecule has 1 fully saturated rings. The Kier molecular flexibility index (Phi) is 3.22. The summed E-state index contributed by atoms with van der Waals surface area (Å²) in [7, 11) is 0. The first kappa shape index (κ1) is 11.8. The summed E-state index contributed by atoms with van der Waals surface area (Å²) in [5, 5.41) is 0. The van der Waals surface area contributed by atoms with Crippen LogP contribution in [-0.4, -0.2) is 18.5 Å². The van der Waals surface area contributed by atoms with Gasteiger partial charge in [-0.1, -0.05) is 0 Å². The minimum atomic E-state index is -0.412. The molecule has 4 N–H and O–H groups in total. The van der Waals surface area contributed by atoms with Gasteiger partial charge in [0.25, 0.3) is 5.91 Å². The number of rotatable bonds is 2. The molecule has 4 heteroatoms. The first-order valence-corrected chi connectivity index (χ1v) is 6.05. The SMILES string of the molecule is C[C@H]1CCCCN1c1ccc(N)cc1C(N)=O. The topological polar surface area (TPSA) is 72.3 Å². The van der Waals surface area contributed by atoms with Crippen LogP contribution in [0.2, 0.25) is 0 Å². The molecule has 0 spiro atoms. The molecule has 0 aliphatic carbocycles. The summed E-state index contributed by atoms with van der Waals surface area (Å²) in [6.45, 7) is 3.16. The van der Waals surface area contributed by atoms with Crippen molar-refractivity contribution in [3.8, 4) is 0 Å². The normalized spacial score (nSPS) is 20.3. The molecule has 17 heavy (non-hydrogen) atoms. The number of carbonyl (C=O) groups excluding carboxylic acids is 1. The van der Waals surface area contributed by atoms with Crippen molar-refractivity contribution in [1.29, 1.82) is 0 Å². The lowest BCUT2D eigenvalue weighted by molar-refractivity contribution is 0.100. The van der Waals surface area contributed by atoms with Crippen molar-refractivity contribution in [3.05, 3.63) is 23.8 Å². The van der Waals surface area contributed by atoms with Gasteiger partial charge in [-0.15, -0.1) is 0 Å². The predicted molar refractivity (Wildman–Crippen MR) is 70.0 cm³/mol. The fourth-order valence-corrected chi connectivity index (χ4v) is 2.46. The number of primary amides is 1. The van der Waals surface area contributed by atoms with Crippen molar-refractivity contribution in [1.82, 2.24) is 0 Å². The number of hydrogen-bond acceptors (Lipinski definition) is 3. The van der Waals surface area contributed by atoms with Crippen LogP contribution in [0.4, 0.5) is 11.4 Å². The first-order chi connectivity index (χ1) is 8.09. The minimum absolute atomic E-state index is 0.412. The molecule has 2 rings (SSSR count). The fraction of sp³-hybridized carbons (Fsp3) is 0.462. The Balaban J connectivity index is 2.39. The van der Waals surface area contributed by atoms with Gasteiger partial charge < -0.3 is 16.4 Å². The van der Waals surface area contributed by atoms with Crippen LogP contribution < -0.4 is 16.4 Å². The molecular formula is C13H19N3O. The largest absolute Gasteiger partial charge is 0.399 e. The maximum Gasteiger partial charge on any atom is 0.250 e. The average molecular weight is 233 g/mol. The zero-order chi connectivity index (χ0) is 12.4. The smallest absolute Gasteiger partial charge is 0.250 e. The van der Waals surface area contributed by atoms with Crippen LogP contribution in [0.25, 0.3) is 0 Å². The summed E-state index contributed by atoms with van der Waals surface area (Å²) in [4.78, 5) is 13.7. The molecule has 4 nitrogen and oxygen atoms in total. The Morgan fingerprint density at radius 3 is 2.82 bits per heavy atom. The second-order valence-corrected chi connectivity index (χ2v) is 4.68. The van der Waals surface area contributed by atoms with Crippen LogP contribution in [0, 0.1) is 0 Å². The van der Waals surface area contributed by atoms with E-state index in [0.29, 0.717) is 17.3 Å². The Bertz CT molecular complexity index is 431. The maximum atomic E-state index is 11.5. The Morgan fingerprint density at radius 1 is 1.41 bits per heavy atom. The zero-order valence-corrected chi connectivity index (χ0v) is 10.1. The highest BCUT2D eigenvalue weighted by Gasteiger charge is 2.22. The van der Waals surface area contributed by atoms with E-state index in [9.17, 15) is 4.79 Å². The predicted octanol–water partition coefficient (Wildman–Crippen LogP) is 1.75. The number of nitrogens with zero attached hydrogens (tertiary/aromatic N) is 1. The molecule has 0 aromatic heterocycles. The Labute approximate surface area is 102 Å². The lowest BCUT2D eigenvalue weighted by atomic mass is 10.0. The highest BCUT2D eigenvalue weighted by molar-refractivity contribution is 5.99. The molecule has 0 unspecified atom stereocenters. The van der Waals surface area contributed by atoms with Crippen LogP contribution in [0.5, 0.6) is 0 Å². The molecule has 1 aromatic rings. The molecule has 0 bridgehead atoms. The number of nitrogen functional groups attached to an aromatic ring is 1. The van der Waals surface area contributed by atoms with E-state index in [2.05, 4.69) is 11.8 Å². The van der Waals surface area contributed by atoms with Gasteiger partial charge in [0, 0.05) is 24.0 Å². The Morgan fingerprint density at radius 2 is 2.18 bits per heavy atom. The van der Waals surface area contributed by atoms with E-state index in [0.717, 1.165) is 25.1 Å². The van der Waals surface area contributed by atoms with E-state index in [4.69, 9.17) is 11.5 Å². The fourth-order valence-electron chi connectivity index (χ4n) is 2.46. The summed E-state index contributed by atoms with van der Waals surface area (Å²) < 4.78 is 0. The van der Waals surface area contributed by atoms with Gasteiger partial charge >= 0.3 is 0 Å². The van der Waals surface area contributed by atoms with Crippen LogP contribution in [0.15, 0.2) is 18.2 Å². The molecule has 1 atom stereocenters. The van der Waals surface area contributed by atoms with Gasteiger partial charge in [-0.05, 0) is 44.4 Å². The lowest BCUT2D eigenvalue weighted by Crippen LogP contribution is -2.38. The number of hydrogen-bond donors (Lipinski definition) is 2. The standard InChI is InChI=1S/C13H19N3O/c1-9-4-2-3-7-16(9)12-6-5-10(14)8-11(12)13(15)17/h5-6,8-9H,2-4,7,14H2,1H3,(H2,15,17)/t9-/m0/s1.